The molecule has 1 aromatic heterocycles. The molecule has 2 saturated carbocycles. The molecule has 2 saturated heterocycles. The first-order chi connectivity index (χ1) is 21.0. The fourth-order valence-corrected chi connectivity index (χ4v) is 8.23. The fraction of sp³-hybridized carbons (Fsp3) is 0.485. The maximum Gasteiger partial charge on any atom is 0.415 e. The first-order valence-corrected chi connectivity index (χ1v) is 15.2. The van der Waals surface area contributed by atoms with Crippen molar-refractivity contribution < 1.29 is 32.6 Å². The summed E-state index contributed by atoms with van der Waals surface area (Å²) >= 11 is 0. The zero-order valence-corrected chi connectivity index (χ0v) is 24.7. The lowest BCUT2D eigenvalue weighted by atomic mass is 9.73. The number of aromatic carboxylic acids is 1. The summed E-state index contributed by atoms with van der Waals surface area (Å²) in [4.78, 5) is 27.8. The van der Waals surface area contributed by atoms with Gasteiger partial charge in [0.2, 0.25) is 0 Å². The molecule has 2 bridgehead atoms. The van der Waals surface area contributed by atoms with Crippen molar-refractivity contribution in [3.63, 3.8) is 0 Å². The molecule has 232 valence electrons. The maximum atomic E-state index is 15.1. The summed E-state index contributed by atoms with van der Waals surface area (Å²) in [5.74, 6) is -3.95. The van der Waals surface area contributed by atoms with E-state index in [0.29, 0.717) is 62.2 Å². The Labute approximate surface area is 253 Å². The number of hydrogen-bond acceptors (Lipinski definition) is 5. The Bertz CT molecular complexity index is 1630. The van der Waals surface area contributed by atoms with Gasteiger partial charge in [-0.2, -0.15) is 5.10 Å². The summed E-state index contributed by atoms with van der Waals surface area (Å²) in [5.41, 5.74) is 1.07. The summed E-state index contributed by atoms with van der Waals surface area (Å²) in [6.07, 6.45) is 6.10. The highest BCUT2D eigenvalue weighted by Crippen LogP contribution is 2.61. The van der Waals surface area contributed by atoms with Crippen molar-refractivity contribution in [3.8, 4) is 11.3 Å². The SMILES string of the molecule is CC1(C)C2CCC(C2)C1n1cc(CN2CCC3(CC2)CN(c2ccc(C(=O)O)cc2)C(=O)O3)c(-c2ccc(F)c(F)c2F)n1. The van der Waals surface area contributed by atoms with E-state index in [9.17, 15) is 23.5 Å². The number of likely N-dealkylation sites (tertiary alicyclic amines) is 1. The summed E-state index contributed by atoms with van der Waals surface area (Å²) in [6.45, 7) is 6.51. The van der Waals surface area contributed by atoms with Gasteiger partial charge in [-0.1, -0.05) is 13.8 Å². The van der Waals surface area contributed by atoms with E-state index in [1.54, 1.807) is 12.1 Å². The molecule has 4 fully saturated rings. The molecule has 3 atom stereocenters. The van der Waals surface area contributed by atoms with E-state index in [4.69, 9.17) is 9.84 Å². The molecule has 2 aromatic carbocycles. The highest BCUT2D eigenvalue weighted by atomic mass is 19.2. The van der Waals surface area contributed by atoms with Crippen LogP contribution in [-0.2, 0) is 11.3 Å². The molecule has 4 aliphatic rings. The minimum atomic E-state index is -1.51. The second-order valence-electron chi connectivity index (χ2n) is 13.5. The van der Waals surface area contributed by atoms with Gasteiger partial charge in [0.1, 0.15) is 5.60 Å². The molecule has 2 aliphatic heterocycles. The number of carbonyl (C=O) groups excluding carboxylic acids is 1. The topological polar surface area (TPSA) is 87.9 Å². The van der Waals surface area contributed by atoms with Crippen molar-refractivity contribution in [1.82, 2.24) is 14.7 Å². The average molecular weight is 609 g/mol. The van der Waals surface area contributed by atoms with E-state index < -0.39 is 35.1 Å². The van der Waals surface area contributed by atoms with E-state index in [1.807, 2.05) is 10.9 Å². The van der Waals surface area contributed by atoms with Crippen LogP contribution in [0.15, 0.2) is 42.6 Å². The summed E-state index contributed by atoms with van der Waals surface area (Å²) in [6, 6.07) is 8.47. The first kappa shape index (κ1) is 28.9. The molecule has 8 nitrogen and oxygen atoms in total. The van der Waals surface area contributed by atoms with Gasteiger partial charge in [0, 0.05) is 55.5 Å². The molecule has 0 radical (unpaired) electrons. The number of aromatic nitrogens is 2. The Hall–Kier alpha value is -3.86. The van der Waals surface area contributed by atoms with Crippen molar-refractivity contribution in [1.29, 1.82) is 0 Å². The van der Waals surface area contributed by atoms with Gasteiger partial charge in [0.25, 0.3) is 0 Å². The third-order valence-electron chi connectivity index (χ3n) is 10.7. The standard InChI is InChI=1S/C33H35F3N4O4/c1-32(2)22-6-3-20(15-22)29(32)40-17-21(28(37-40)24-9-10-25(34)27(36)26(24)35)16-38-13-11-33(12-14-38)18-39(31(43)44-33)23-7-4-19(5-8-23)30(41)42/h4-5,7-10,17,20,22,29H,3,6,11-16,18H2,1-2H3,(H,41,42). The van der Waals surface area contributed by atoms with Gasteiger partial charge in [0.05, 0.1) is 23.8 Å². The smallest absolute Gasteiger partial charge is 0.415 e. The Morgan fingerprint density at radius 1 is 1.05 bits per heavy atom. The largest absolute Gasteiger partial charge is 0.478 e. The number of nitrogens with zero attached hydrogens (tertiary/aromatic N) is 4. The number of rotatable bonds is 6. The van der Waals surface area contributed by atoms with Crippen LogP contribution in [0.5, 0.6) is 0 Å². The molecule has 3 aromatic rings. The minimum Gasteiger partial charge on any atom is -0.478 e. The van der Waals surface area contributed by atoms with Crippen LogP contribution in [0, 0.1) is 34.7 Å². The lowest BCUT2D eigenvalue weighted by Gasteiger charge is -2.38. The third kappa shape index (κ3) is 4.67. The van der Waals surface area contributed by atoms with Crippen molar-refractivity contribution in [3.05, 3.63) is 71.2 Å². The van der Waals surface area contributed by atoms with E-state index in [2.05, 4.69) is 18.7 Å². The molecule has 1 spiro atoms. The summed E-state index contributed by atoms with van der Waals surface area (Å²) in [7, 11) is 0. The number of carbonyl (C=O) groups is 2. The van der Waals surface area contributed by atoms with Crippen LogP contribution in [0.1, 0.15) is 67.9 Å². The molecule has 2 aliphatic carbocycles. The van der Waals surface area contributed by atoms with Gasteiger partial charge in [0.15, 0.2) is 17.5 Å². The highest BCUT2D eigenvalue weighted by molar-refractivity contribution is 5.92. The fourth-order valence-electron chi connectivity index (χ4n) is 8.23. The number of benzene rings is 2. The molecular formula is C33H35F3N4O4. The van der Waals surface area contributed by atoms with Crippen LogP contribution in [0.4, 0.5) is 23.7 Å². The number of piperidine rings is 1. The number of carboxylic acid groups (broad SMARTS) is 1. The van der Waals surface area contributed by atoms with E-state index >= 15 is 4.39 Å². The second-order valence-corrected chi connectivity index (χ2v) is 13.5. The predicted octanol–water partition coefficient (Wildman–Crippen LogP) is 6.65. The van der Waals surface area contributed by atoms with Gasteiger partial charge in [-0.25, -0.2) is 22.8 Å². The van der Waals surface area contributed by atoms with Crippen molar-refractivity contribution in [2.75, 3.05) is 24.5 Å². The molecule has 3 unspecified atom stereocenters. The third-order valence-corrected chi connectivity index (χ3v) is 10.7. The zero-order chi connectivity index (χ0) is 31.0. The maximum absolute atomic E-state index is 15.1. The monoisotopic (exact) mass is 608 g/mol. The van der Waals surface area contributed by atoms with E-state index in [-0.39, 0.29) is 22.6 Å². The lowest BCUT2D eigenvalue weighted by molar-refractivity contribution is -0.000968. The molecule has 1 N–H and O–H groups in total. The normalized spacial score (nSPS) is 25.6. The van der Waals surface area contributed by atoms with E-state index in [0.717, 1.165) is 24.5 Å². The summed E-state index contributed by atoms with van der Waals surface area (Å²) in [5, 5.41) is 14.0. The van der Waals surface area contributed by atoms with Crippen molar-refractivity contribution in [2.45, 2.75) is 64.1 Å². The first-order valence-electron chi connectivity index (χ1n) is 15.2. The number of ether oxygens (including phenoxy) is 1. The number of fused-ring (bicyclic) bond motifs is 2. The lowest BCUT2D eigenvalue weighted by Crippen LogP contribution is -2.46. The highest BCUT2D eigenvalue weighted by Gasteiger charge is 2.54. The van der Waals surface area contributed by atoms with Crippen LogP contribution >= 0.6 is 0 Å². The minimum absolute atomic E-state index is 0.0136. The Morgan fingerprint density at radius 2 is 1.77 bits per heavy atom. The number of carboxylic acids is 1. The average Bonchev–Trinajstić information content (AvgIpc) is 3.76. The van der Waals surface area contributed by atoms with Gasteiger partial charge in [-0.3, -0.25) is 14.5 Å². The second kappa shape index (κ2) is 10.4. The number of amides is 1. The predicted molar refractivity (Wildman–Crippen MR) is 156 cm³/mol. The zero-order valence-electron chi connectivity index (χ0n) is 24.7. The molecular weight excluding hydrogens is 573 g/mol. The van der Waals surface area contributed by atoms with Gasteiger partial charge in [-0.05, 0) is 72.9 Å². The number of halogens is 3. The van der Waals surface area contributed by atoms with Gasteiger partial charge in [-0.15, -0.1) is 0 Å². The van der Waals surface area contributed by atoms with Crippen LogP contribution in [0.3, 0.4) is 0 Å². The van der Waals surface area contributed by atoms with Crippen LogP contribution in [0.2, 0.25) is 0 Å². The Morgan fingerprint density at radius 3 is 2.43 bits per heavy atom. The molecule has 7 rings (SSSR count). The van der Waals surface area contributed by atoms with Crippen LogP contribution in [0.25, 0.3) is 11.3 Å². The van der Waals surface area contributed by atoms with Crippen LogP contribution in [-0.4, -0.2) is 57.1 Å². The number of anilines is 1. The van der Waals surface area contributed by atoms with E-state index in [1.165, 1.54) is 29.5 Å². The van der Waals surface area contributed by atoms with Crippen molar-refractivity contribution in [2.24, 2.45) is 17.3 Å². The van der Waals surface area contributed by atoms with Crippen LogP contribution < -0.4 is 4.90 Å². The quantitative estimate of drug-likeness (QED) is 0.315. The number of hydrogen-bond donors (Lipinski definition) is 1. The van der Waals surface area contributed by atoms with Gasteiger partial charge >= 0.3 is 12.1 Å². The molecule has 44 heavy (non-hydrogen) atoms. The molecule has 1 amide bonds. The Kier molecular flexibility index (Phi) is 6.80. The molecule has 3 heterocycles. The Balaban J connectivity index is 1.12. The molecule has 11 heteroatoms. The summed E-state index contributed by atoms with van der Waals surface area (Å²) < 4.78 is 51.2. The van der Waals surface area contributed by atoms with Crippen molar-refractivity contribution >= 4 is 17.7 Å². The van der Waals surface area contributed by atoms with Gasteiger partial charge < -0.3 is 9.84 Å².